The molecule has 2 heterocycles. The average Bonchev–Trinajstić information content (AvgIpc) is 3.19. The Morgan fingerprint density at radius 3 is 2.41 bits per heavy atom. The molecule has 2 amide bonds. The van der Waals surface area contributed by atoms with Gasteiger partial charge in [0.1, 0.15) is 6.54 Å². The van der Waals surface area contributed by atoms with Gasteiger partial charge in [0.25, 0.3) is 5.91 Å². The number of ether oxygens (including phenoxy) is 1. The highest BCUT2D eigenvalue weighted by molar-refractivity contribution is 7.89. The number of fused-ring (bicyclic) bond motifs is 1. The Hall–Kier alpha value is -3.35. The fourth-order valence-corrected chi connectivity index (χ4v) is 6.62. The van der Waals surface area contributed by atoms with Crippen molar-refractivity contribution in [1.82, 2.24) is 8.87 Å². The molecule has 0 spiro atoms. The van der Waals surface area contributed by atoms with Crippen LogP contribution in [0.2, 0.25) is 0 Å². The van der Waals surface area contributed by atoms with E-state index < -0.39 is 21.9 Å². The Morgan fingerprint density at radius 1 is 1.11 bits per heavy atom. The molecule has 3 aromatic rings. The Balaban J connectivity index is 1.65. The summed E-state index contributed by atoms with van der Waals surface area (Å²) < 4.78 is 34.5. The molecule has 1 fully saturated rings. The molecule has 0 saturated carbocycles. The van der Waals surface area contributed by atoms with Gasteiger partial charge in [-0.3, -0.25) is 14.4 Å². The van der Waals surface area contributed by atoms with E-state index in [1.165, 1.54) is 53.9 Å². The van der Waals surface area contributed by atoms with Crippen LogP contribution in [0.15, 0.2) is 52.4 Å². The Bertz CT molecular complexity index is 1510. The summed E-state index contributed by atoms with van der Waals surface area (Å²) >= 11 is 1.18. The topological polar surface area (TPSA) is 127 Å². The summed E-state index contributed by atoms with van der Waals surface area (Å²) in [5, 5.41) is 2.70. The van der Waals surface area contributed by atoms with Gasteiger partial charge in [0.2, 0.25) is 15.9 Å². The van der Waals surface area contributed by atoms with E-state index in [1.807, 2.05) is 0 Å². The van der Waals surface area contributed by atoms with E-state index in [0.29, 0.717) is 34.9 Å². The number of aromatic nitrogens is 1. The van der Waals surface area contributed by atoms with Gasteiger partial charge in [0, 0.05) is 31.3 Å². The van der Waals surface area contributed by atoms with Crippen LogP contribution in [-0.4, -0.2) is 55.3 Å². The first-order valence-corrected chi connectivity index (χ1v) is 14.0. The van der Waals surface area contributed by atoms with Crippen LogP contribution in [0, 0.1) is 5.92 Å². The van der Waals surface area contributed by atoms with E-state index in [0.717, 1.165) is 12.8 Å². The molecule has 1 aliphatic rings. The van der Waals surface area contributed by atoms with Gasteiger partial charge < -0.3 is 14.6 Å². The van der Waals surface area contributed by atoms with Gasteiger partial charge in [-0.25, -0.2) is 8.42 Å². The van der Waals surface area contributed by atoms with Gasteiger partial charge in [0.05, 0.1) is 22.2 Å². The van der Waals surface area contributed by atoms with Crippen molar-refractivity contribution >= 4 is 55.0 Å². The summed E-state index contributed by atoms with van der Waals surface area (Å²) in [6.07, 6.45) is 1.64. The molecule has 4 rings (SSSR count). The summed E-state index contributed by atoms with van der Waals surface area (Å²) in [5.41, 5.74) is 1.44. The van der Waals surface area contributed by atoms with Gasteiger partial charge in [0.15, 0.2) is 4.80 Å². The molecule has 37 heavy (non-hydrogen) atoms. The minimum Gasteiger partial charge on any atom is -0.468 e. The first kappa shape index (κ1) is 26.7. The standard InChI is InChI=1S/C25H28N4O6S2/c1-16-10-12-28(13-11-16)37(33,34)20-7-4-18(5-8-20)24(32)27-25-29(15-23(31)35-3)21-9-6-19(26-17(2)30)14-22(21)36-25/h4-9,14,16H,10-13,15H2,1-3H3,(H,26,30). The van der Waals surface area contributed by atoms with Crippen LogP contribution >= 0.6 is 11.3 Å². The normalized spacial score (nSPS) is 15.6. The SMILES string of the molecule is COC(=O)Cn1c(=NC(=O)c2ccc(S(=O)(=O)N3CCC(C)CC3)cc2)sc2cc(NC(C)=O)ccc21. The predicted octanol–water partition coefficient (Wildman–Crippen LogP) is 3.00. The van der Waals surface area contributed by atoms with Crippen LogP contribution in [0.5, 0.6) is 0 Å². The van der Waals surface area contributed by atoms with E-state index in [2.05, 4.69) is 17.2 Å². The number of thiazole rings is 1. The van der Waals surface area contributed by atoms with Gasteiger partial charge in [-0.1, -0.05) is 18.3 Å². The van der Waals surface area contributed by atoms with Crippen LogP contribution < -0.4 is 10.1 Å². The number of carbonyl (C=O) groups is 3. The summed E-state index contributed by atoms with van der Waals surface area (Å²) in [5.74, 6) is -0.816. The van der Waals surface area contributed by atoms with E-state index in [4.69, 9.17) is 4.74 Å². The zero-order valence-electron chi connectivity index (χ0n) is 20.8. The van der Waals surface area contributed by atoms with E-state index in [9.17, 15) is 22.8 Å². The van der Waals surface area contributed by atoms with Gasteiger partial charge >= 0.3 is 5.97 Å². The van der Waals surface area contributed by atoms with Crippen LogP contribution in [-0.2, 0) is 30.9 Å². The van der Waals surface area contributed by atoms with E-state index in [1.54, 1.807) is 22.8 Å². The maximum atomic E-state index is 13.0. The fourth-order valence-electron chi connectivity index (χ4n) is 4.08. The number of nitrogens with zero attached hydrogens (tertiary/aromatic N) is 3. The molecule has 10 nitrogen and oxygen atoms in total. The molecule has 2 aromatic carbocycles. The van der Waals surface area contributed by atoms with Crippen LogP contribution in [0.1, 0.15) is 37.0 Å². The van der Waals surface area contributed by atoms with E-state index >= 15 is 0 Å². The smallest absolute Gasteiger partial charge is 0.325 e. The van der Waals surface area contributed by atoms with Crippen molar-refractivity contribution in [2.45, 2.75) is 38.1 Å². The highest BCUT2D eigenvalue weighted by Gasteiger charge is 2.28. The van der Waals surface area contributed by atoms with Crippen LogP contribution in [0.25, 0.3) is 10.2 Å². The van der Waals surface area contributed by atoms with Crippen molar-refractivity contribution in [2.75, 3.05) is 25.5 Å². The first-order valence-electron chi connectivity index (χ1n) is 11.8. The number of piperidine rings is 1. The molecule has 1 N–H and O–H groups in total. The third kappa shape index (κ3) is 5.97. The zero-order chi connectivity index (χ0) is 26.7. The van der Waals surface area contributed by atoms with Crippen molar-refractivity contribution in [3.8, 4) is 0 Å². The van der Waals surface area contributed by atoms with Crippen molar-refractivity contribution < 1.29 is 27.5 Å². The van der Waals surface area contributed by atoms with Crippen molar-refractivity contribution in [3.63, 3.8) is 0 Å². The predicted molar refractivity (Wildman–Crippen MR) is 140 cm³/mol. The lowest BCUT2D eigenvalue weighted by molar-refractivity contribution is -0.141. The first-order chi connectivity index (χ1) is 17.6. The molecule has 1 saturated heterocycles. The van der Waals surface area contributed by atoms with Crippen molar-refractivity contribution in [1.29, 1.82) is 0 Å². The van der Waals surface area contributed by atoms with Gasteiger partial charge in [-0.05, 0) is 61.2 Å². The van der Waals surface area contributed by atoms with Gasteiger partial charge in [-0.2, -0.15) is 9.30 Å². The second-order valence-corrected chi connectivity index (χ2v) is 11.9. The highest BCUT2D eigenvalue weighted by atomic mass is 32.2. The highest BCUT2D eigenvalue weighted by Crippen LogP contribution is 2.24. The number of methoxy groups -OCH3 is 1. The number of rotatable bonds is 6. The largest absolute Gasteiger partial charge is 0.468 e. The maximum absolute atomic E-state index is 13.0. The Labute approximate surface area is 218 Å². The number of hydrogen-bond acceptors (Lipinski definition) is 7. The molecule has 0 atom stereocenters. The van der Waals surface area contributed by atoms with Crippen LogP contribution in [0.3, 0.4) is 0 Å². The molecular formula is C25H28N4O6S2. The van der Waals surface area contributed by atoms with Crippen molar-refractivity contribution in [3.05, 3.63) is 52.8 Å². The Kier molecular flexibility index (Phi) is 7.90. The average molecular weight is 545 g/mol. The number of nitrogens with one attached hydrogen (secondary N) is 1. The molecule has 1 aliphatic heterocycles. The number of carbonyl (C=O) groups excluding carboxylic acids is 3. The molecule has 1 aromatic heterocycles. The molecule has 0 aliphatic carbocycles. The number of benzene rings is 2. The summed E-state index contributed by atoms with van der Waals surface area (Å²) in [6, 6.07) is 10.9. The lowest BCUT2D eigenvalue weighted by atomic mass is 10.0. The minimum absolute atomic E-state index is 0.131. The van der Waals surface area contributed by atoms with Gasteiger partial charge in [-0.15, -0.1) is 0 Å². The number of anilines is 1. The summed E-state index contributed by atoms with van der Waals surface area (Å²) in [7, 11) is -2.36. The third-order valence-corrected chi connectivity index (χ3v) is 9.15. The lowest BCUT2D eigenvalue weighted by Crippen LogP contribution is -2.37. The van der Waals surface area contributed by atoms with E-state index in [-0.39, 0.29) is 27.7 Å². The maximum Gasteiger partial charge on any atom is 0.325 e. The second-order valence-electron chi connectivity index (χ2n) is 8.94. The molecule has 12 heteroatoms. The lowest BCUT2D eigenvalue weighted by Gasteiger charge is -2.29. The summed E-state index contributed by atoms with van der Waals surface area (Å²) in [6.45, 7) is 4.32. The monoisotopic (exact) mass is 544 g/mol. The molecule has 0 unspecified atom stereocenters. The Morgan fingerprint density at radius 2 is 1.78 bits per heavy atom. The summed E-state index contributed by atoms with van der Waals surface area (Å²) in [4.78, 5) is 41.1. The second kappa shape index (κ2) is 11.0. The zero-order valence-corrected chi connectivity index (χ0v) is 22.4. The third-order valence-electron chi connectivity index (χ3n) is 6.20. The molecule has 0 bridgehead atoms. The number of hydrogen-bond donors (Lipinski definition) is 1. The minimum atomic E-state index is -3.63. The number of amides is 2. The molecular weight excluding hydrogens is 516 g/mol. The molecule has 0 radical (unpaired) electrons. The number of sulfonamides is 1. The number of esters is 1. The van der Waals surface area contributed by atoms with Crippen LogP contribution in [0.4, 0.5) is 5.69 Å². The van der Waals surface area contributed by atoms with Crippen molar-refractivity contribution in [2.24, 2.45) is 10.9 Å². The fraction of sp³-hybridized carbons (Fsp3) is 0.360. The molecule has 196 valence electrons. The quantitative estimate of drug-likeness (QED) is 0.476.